The van der Waals surface area contributed by atoms with E-state index in [1.54, 1.807) is 0 Å². The molecule has 2 aromatic carbocycles. The second-order valence-electron chi connectivity index (χ2n) is 6.97. The Balaban J connectivity index is 1.62. The third-order valence-electron chi connectivity index (χ3n) is 5.06. The Bertz CT molecular complexity index is 924. The molecule has 4 rings (SSSR count). The quantitative estimate of drug-likeness (QED) is 0.804. The lowest BCUT2D eigenvalue weighted by Crippen LogP contribution is -2.35. The number of anilines is 1. The van der Waals surface area contributed by atoms with E-state index in [2.05, 4.69) is 42.6 Å². The van der Waals surface area contributed by atoms with Gasteiger partial charge in [0.1, 0.15) is 4.32 Å². The van der Waals surface area contributed by atoms with E-state index in [9.17, 15) is 9.59 Å². The van der Waals surface area contributed by atoms with Gasteiger partial charge < -0.3 is 10.2 Å². The number of carbonyl (C=O) groups excluding carboxylic acids is 2. The fraction of sp³-hybridized carbons (Fsp3) is 0.286. The summed E-state index contributed by atoms with van der Waals surface area (Å²) in [6, 6.07) is 14.3. The molecule has 0 bridgehead atoms. The van der Waals surface area contributed by atoms with Gasteiger partial charge in [-0.3, -0.25) is 9.59 Å². The molecule has 1 atom stereocenters. The summed E-state index contributed by atoms with van der Waals surface area (Å²) in [6.07, 6.45) is 1.85. The molecule has 0 radical (unpaired) electrons. The van der Waals surface area contributed by atoms with Crippen molar-refractivity contribution < 1.29 is 9.59 Å². The van der Waals surface area contributed by atoms with E-state index in [0.717, 1.165) is 23.2 Å². The number of thioether (sulfide) groups is 1. The van der Waals surface area contributed by atoms with Gasteiger partial charge in [0.2, 0.25) is 11.8 Å². The van der Waals surface area contributed by atoms with Crippen molar-refractivity contribution in [3.63, 3.8) is 0 Å². The fourth-order valence-corrected chi connectivity index (χ4v) is 4.93. The number of aryl methyl sites for hydroxylation is 1. The zero-order chi connectivity index (χ0) is 19.0. The van der Waals surface area contributed by atoms with Crippen molar-refractivity contribution in [1.29, 1.82) is 0 Å². The van der Waals surface area contributed by atoms with Crippen molar-refractivity contribution in [2.75, 3.05) is 4.90 Å². The largest absolute Gasteiger partial charge is 0.311 e. The standard InChI is InChI=1S/C21H20N2O2S2/c1-13-5-7-14(8-6-13)12-23-17-4-2-3-15(16(17)9-10-19(23)24)11-18-20(25)22-21(26)27-18/h2-8,18H,9-12H2,1H3,(H,22,25,26). The van der Waals surface area contributed by atoms with Crippen molar-refractivity contribution in [3.8, 4) is 0 Å². The van der Waals surface area contributed by atoms with Gasteiger partial charge >= 0.3 is 0 Å². The van der Waals surface area contributed by atoms with Crippen LogP contribution in [-0.2, 0) is 29.0 Å². The number of nitrogens with zero attached hydrogens (tertiary/aromatic N) is 1. The molecule has 0 aliphatic carbocycles. The summed E-state index contributed by atoms with van der Waals surface area (Å²) in [5.41, 5.74) is 5.59. The molecule has 138 valence electrons. The lowest BCUT2D eigenvalue weighted by Gasteiger charge is -2.31. The summed E-state index contributed by atoms with van der Waals surface area (Å²) < 4.78 is 0.547. The minimum absolute atomic E-state index is 0.0222. The second kappa shape index (κ2) is 7.44. The Kier molecular flexibility index (Phi) is 5.02. The van der Waals surface area contributed by atoms with Crippen molar-refractivity contribution >= 4 is 45.8 Å². The van der Waals surface area contributed by atoms with Gasteiger partial charge in [-0.15, -0.1) is 0 Å². The van der Waals surface area contributed by atoms with Gasteiger partial charge in [-0.2, -0.15) is 0 Å². The van der Waals surface area contributed by atoms with Crippen molar-refractivity contribution in [2.45, 2.75) is 38.0 Å². The molecule has 2 aliphatic heterocycles. The summed E-state index contributed by atoms with van der Waals surface area (Å²) in [5.74, 6) is 0.125. The highest BCUT2D eigenvalue weighted by Gasteiger charge is 2.32. The minimum Gasteiger partial charge on any atom is -0.311 e. The molecule has 0 saturated carbocycles. The SMILES string of the molecule is Cc1ccc(CN2C(=O)CCc3c(CC4SC(=S)NC4=O)cccc32)cc1. The molecule has 2 amide bonds. The lowest BCUT2D eigenvalue weighted by molar-refractivity contribution is -0.119. The van der Waals surface area contributed by atoms with Crippen molar-refractivity contribution in [1.82, 2.24) is 5.32 Å². The molecule has 2 heterocycles. The predicted octanol–water partition coefficient (Wildman–Crippen LogP) is 3.53. The third-order valence-corrected chi connectivity index (χ3v) is 6.43. The molecule has 1 saturated heterocycles. The molecule has 0 spiro atoms. The first kappa shape index (κ1) is 18.2. The Hall–Kier alpha value is -2.18. The van der Waals surface area contributed by atoms with Gasteiger partial charge in [-0.05, 0) is 42.5 Å². The molecule has 27 heavy (non-hydrogen) atoms. The zero-order valence-electron chi connectivity index (χ0n) is 15.0. The first-order chi connectivity index (χ1) is 13.0. The summed E-state index contributed by atoms with van der Waals surface area (Å²) >= 11 is 6.52. The normalized spacial score (nSPS) is 19.2. The number of benzene rings is 2. The maximum absolute atomic E-state index is 12.6. The first-order valence-electron chi connectivity index (χ1n) is 8.99. The average molecular weight is 397 g/mol. The molecular weight excluding hydrogens is 376 g/mol. The Morgan fingerprint density at radius 3 is 2.63 bits per heavy atom. The molecule has 2 aliphatic rings. The van der Waals surface area contributed by atoms with E-state index in [1.807, 2.05) is 17.0 Å². The van der Waals surface area contributed by atoms with Gasteiger partial charge in [-0.25, -0.2) is 0 Å². The van der Waals surface area contributed by atoms with Gasteiger partial charge in [0.05, 0.1) is 11.8 Å². The summed E-state index contributed by atoms with van der Waals surface area (Å²) in [5, 5.41) is 2.52. The molecular formula is C21H20N2O2S2. The zero-order valence-corrected chi connectivity index (χ0v) is 16.7. The van der Waals surface area contributed by atoms with Crippen LogP contribution in [0.15, 0.2) is 42.5 Å². The third kappa shape index (κ3) is 3.77. The maximum atomic E-state index is 12.6. The van der Waals surface area contributed by atoms with Crippen LogP contribution in [0, 0.1) is 6.92 Å². The van der Waals surface area contributed by atoms with E-state index in [0.29, 0.717) is 23.7 Å². The van der Waals surface area contributed by atoms with Crippen LogP contribution in [0.5, 0.6) is 0 Å². The molecule has 2 aromatic rings. The summed E-state index contributed by atoms with van der Waals surface area (Å²) in [6.45, 7) is 2.62. The monoisotopic (exact) mass is 396 g/mol. The average Bonchev–Trinajstić information content (AvgIpc) is 2.96. The Morgan fingerprint density at radius 2 is 1.93 bits per heavy atom. The first-order valence-corrected chi connectivity index (χ1v) is 10.3. The van der Waals surface area contributed by atoms with Gasteiger partial charge in [-0.1, -0.05) is 65.9 Å². The highest BCUT2D eigenvalue weighted by Crippen LogP contribution is 2.34. The number of thiocarbonyl (C=S) groups is 1. The fourth-order valence-electron chi connectivity index (χ4n) is 3.63. The molecule has 1 N–H and O–H groups in total. The number of hydrogen-bond acceptors (Lipinski definition) is 4. The van der Waals surface area contributed by atoms with Crippen molar-refractivity contribution in [3.05, 3.63) is 64.7 Å². The predicted molar refractivity (Wildman–Crippen MR) is 113 cm³/mol. The van der Waals surface area contributed by atoms with Gasteiger partial charge in [0, 0.05) is 12.1 Å². The van der Waals surface area contributed by atoms with Crippen LogP contribution in [0.25, 0.3) is 0 Å². The number of hydrogen-bond donors (Lipinski definition) is 1. The molecule has 0 aromatic heterocycles. The second-order valence-corrected chi connectivity index (χ2v) is 8.85. The summed E-state index contributed by atoms with van der Waals surface area (Å²) in [4.78, 5) is 26.6. The van der Waals surface area contributed by atoms with Crippen LogP contribution in [0.1, 0.15) is 28.7 Å². The van der Waals surface area contributed by atoms with E-state index >= 15 is 0 Å². The summed E-state index contributed by atoms with van der Waals surface area (Å²) in [7, 11) is 0. The van der Waals surface area contributed by atoms with Gasteiger partial charge in [0.25, 0.3) is 0 Å². The minimum atomic E-state index is -0.188. The highest BCUT2D eigenvalue weighted by atomic mass is 32.2. The van der Waals surface area contributed by atoms with Crippen LogP contribution in [0.2, 0.25) is 0 Å². The van der Waals surface area contributed by atoms with E-state index < -0.39 is 0 Å². The molecule has 6 heteroatoms. The van der Waals surface area contributed by atoms with E-state index in [4.69, 9.17) is 12.2 Å². The van der Waals surface area contributed by atoms with E-state index in [1.165, 1.54) is 22.9 Å². The van der Waals surface area contributed by atoms with Crippen molar-refractivity contribution in [2.24, 2.45) is 0 Å². The topological polar surface area (TPSA) is 49.4 Å². The van der Waals surface area contributed by atoms with Crippen LogP contribution in [0.3, 0.4) is 0 Å². The lowest BCUT2D eigenvalue weighted by atomic mass is 9.93. The number of nitrogens with one attached hydrogen (secondary N) is 1. The Labute approximate surface area is 168 Å². The number of carbonyl (C=O) groups is 2. The van der Waals surface area contributed by atoms with Crippen LogP contribution < -0.4 is 10.2 Å². The van der Waals surface area contributed by atoms with Crippen LogP contribution in [0.4, 0.5) is 5.69 Å². The molecule has 1 fully saturated rings. The Morgan fingerprint density at radius 1 is 1.15 bits per heavy atom. The number of rotatable bonds is 4. The highest BCUT2D eigenvalue weighted by molar-refractivity contribution is 8.24. The van der Waals surface area contributed by atoms with Gasteiger partial charge in [0.15, 0.2) is 0 Å². The molecule has 4 nitrogen and oxygen atoms in total. The molecule has 1 unspecified atom stereocenters. The smallest absolute Gasteiger partial charge is 0.239 e. The number of amides is 2. The van der Waals surface area contributed by atoms with Crippen LogP contribution in [-0.4, -0.2) is 21.4 Å². The van der Waals surface area contributed by atoms with Crippen LogP contribution >= 0.6 is 24.0 Å². The van der Waals surface area contributed by atoms with E-state index in [-0.39, 0.29) is 17.1 Å². The number of fused-ring (bicyclic) bond motifs is 1. The maximum Gasteiger partial charge on any atom is 0.239 e.